The number of benzene rings is 2. The van der Waals surface area contributed by atoms with Crippen molar-refractivity contribution in [1.29, 1.82) is 5.26 Å². The Balaban J connectivity index is 2.01. The van der Waals surface area contributed by atoms with Gasteiger partial charge in [0.1, 0.15) is 5.75 Å². The molecule has 0 bridgehead atoms. The monoisotopic (exact) mass is 264 g/mol. The van der Waals surface area contributed by atoms with Crippen LogP contribution in [-0.4, -0.2) is 18.6 Å². The number of ether oxygens (including phenoxy) is 1. The highest BCUT2D eigenvalue weighted by molar-refractivity contribution is 5.42. The van der Waals surface area contributed by atoms with Crippen molar-refractivity contribution < 1.29 is 4.74 Å². The lowest BCUT2D eigenvalue weighted by Crippen LogP contribution is -2.23. The van der Waals surface area contributed by atoms with Gasteiger partial charge in [-0.25, -0.2) is 0 Å². The van der Waals surface area contributed by atoms with Gasteiger partial charge >= 0.3 is 0 Å². The smallest absolute Gasteiger partial charge is 0.118 e. The summed E-state index contributed by atoms with van der Waals surface area (Å²) in [6.45, 7) is 1.27. The Labute approximate surface area is 119 Å². The fourth-order valence-corrected chi connectivity index (χ4v) is 2.87. The lowest BCUT2D eigenvalue weighted by Gasteiger charge is -2.23. The Morgan fingerprint density at radius 1 is 1.20 bits per heavy atom. The van der Waals surface area contributed by atoms with Gasteiger partial charge in [-0.2, -0.15) is 5.26 Å². The Kier molecular flexibility index (Phi) is 3.41. The molecule has 0 saturated heterocycles. The molecule has 1 unspecified atom stereocenters. The van der Waals surface area contributed by atoms with Crippen LogP contribution in [-0.2, 0) is 6.54 Å². The van der Waals surface area contributed by atoms with Crippen LogP contribution < -0.4 is 4.74 Å². The molecule has 3 heteroatoms. The zero-order valence-electron chi connectivity index (χ0n) is 11.4. The molecule has 1 heterocycles. The summed E-state index contributed by atoms with van der Waals surface area (Å²) in [7, 11) is 1.67. The summed E-state index contributed by atoms with van der Waals surface area (Å²) in [6, 6.07) is 18.9. The highest BCUT2D eigenvalue weighted by atomic mass is 16.5. The second kappa shape index (κ2) is 5.36. The minimum absolute atomic E-state index is 0.164. The van der Waals surface area contributed by atoms with Crippen LogP contribution in [0.4, 0.5) is 0 Å². The maximum Gasteiger partial charge on any atom is 0.118 e. The molecule has 0 fully saturated rings. The maximum absolute atomic E-state index is 9.04. The van der Waals surface area contributed by atoms with E-state index in [0.29, 0.717) is 6.54 Å². The molecule has 20 heavy (non-hydrogen) atoms. The van der Waals surface area contributed by atoms with Crippen molar-refractivity contribution in [1.82, 2.24) is 4.90 Å². The number of hydrogen-bond donors (Lipinski definition) is 0. The standard InChI is InChI=1S/C17H16N2O/c1-20-15-8-6-13(7-9-15)17-16-5-3-2-4-14(16)12-19(17)11-10-18/h2-9,17H,11-12H2,1H3. The van der Waals surface area contributed by atoms with Crippen molar-refractivity contribution >= 4 is 0 Å². The fraction of sp³-hybridized carbons (Fsp3) is 0.235. The van der Waals surface area contributed by atoms with Gasteiger partial charge in [0.25, 0.3) is 0 Å². The molecule has 0 spiro atoms. The molecule has 0 aliphatic carbocycles. The van der Waals surface area contributed by atoms with Crippen molar-refractivity contribution in [2.24, 2.45) is 0 Å². The molecule has 0 saturated carbocycles. The quantitative estimate of drug-likeness (QED) is 0.799. The molecule has 1 aliphatic rings. The Morgan fingerprint density at radius 3 is 2.65 bits per heavy atom. The van der Waals surface area contributed by atoms with Crippen molar-refractivity contribution in [2.75, 3.05) is 13.7 Å². The van der Waals surface area contributed by atoms with Gasteiger partial charge in [-0.05, 0) is 28.8 Å². The summed E-state index contributed by atoms with van der Waals surface area (Å²) in [5, 5.41) is 9.04. The van der Waals surface area contributed by atoms with Crippen LogP contribution in [0.25, 0.3) is 0 Å². The third-order valence-electron chi connectivity index (χ3n) is 3.79. The summed E-state index contributed by atoms with van der Waals surface area (Å²) in [5.41, 5.74) is 3.81. The highest BCUT2D eigenvalue weighted by Gasteiger charge is 2.30. The average molecular weight is 264 g/mol. The first kappa shape index (κ1) is 12.7. The molecule has 2 aromatic carbocycles. The van der Waals surface area contributed by atoms with E-state index in [9.17, 15) is 0 Å². The molecule has 1 atom stereocenters. The van der Waals surface area contributed by atoms with Gasteiger partial charge in [-0.15, -0.1) is 0 Å². The first-order valence-corrected chi connectivity index (χ1v) is 6.66. The number of nitriles is 1. The fourth-order valence-electron chi connectivity index (χ4n) is 2.87. The maximum atomic E-state index is 9.04. The van der Waals surface area contributed by atoms with E-state index in [1.54, 1.807) is 7.11 Å². The van der Waals surface area contributed by atoms with E-state index in [1.165, 1.54) is 16.7 Å². The summed E-state index contributed by atoms with van der Waals surface area (Å²) < 4.78 is 5.21. The van der Waals surface area contributed by atoms with Crippen LogP contribution in [0.1, 0.15) is 22.7 Å². The Bertz CT molecular complexity index is 643. The van der Waals surface area contributed by atoms with Gasteiger partial charge in [0.05, 0.1) is 25.8 Å². The van der Waals surface area contributed by atoms with Crippen LogP contribution >= 0.6 is 0 Å². The van der Waals surface area contributed by atoms with E-state index < -0.39 is 0 Å². The first-order valence-electron chi connectivity index (χ1n) is 6.66. The van der Waals surface area contributed by atoms with E-state index in [-0.39, 0.29) is 6.04 Å². The first-order chi connectivity index (χ1) is 9.83. The van der Waals surface area contributed by atoms with Gasteiger partial charge in [0.15, 0.2) is 0 Å². The molecule has 100 valence electrons. The molecule has 2 aromatic rings. The summed E-state index contributed by atoms with van der Waals surface area (Å²) in [6.07, 6.45) is 0. The topological polar surface area (TPSA) is 36.3 Å². The van der Waals surface area contributed by atoms with E-state index in [1.807, 2.05) is 12.1 Å². The Hall–Kier alpha value is -2.31. The SMILES string of the molecule is COc1ccc(C2c3ccccc3CN2CC#N)cc1. The zero-order chi connectivity index (χ0) is 13.9. The molecule has 0 N–H and O–H groups in total. The van der Waals surface area contributed by atoms with Gasteiger partial charge in [-0.3, -0.25) is 4.90 Å². The Morgan fingerprint density at radius 2 is 1.95 bits per heavy atom. The van der Waals surface area contributed by atoms with Gasteiger partial charge in [0.2, 0.25) is 0 Å². The molecule has 0 radical (unpaired) electrons. The predicted octanol–water partition coefficient (Wildman–Crippen LogP) is 3.12. The highest BCUT2D eigenvalue weighted by Crippen LogP contribution is 2.38. The lowest BCUT2D eigenvalue weighted by atomic mass is 9.98. The molecule has 3 rings (SSSR count). The van der Waals surface area contributed by atoms with E-state index in [4.69, 9.17) is 10.00 Å². The largest absolute Gasteiger partial charge is 0.497 e. The third-order valence-corrected chi connectivity index (χ3v) is 3.79. The van der Waals surface area contributed by atoms with Crippen molar-refractivity contribution in [3.63, 3.8) is 0 Å². The minimum atomic E-state index is 0.164. The average Bonchev–Trinajstić information content (AvgIpc) is 2.86. The minimum Gasteiger partial charge on any atom is -0.497 e. The molecule has 1 aliphatic heterocycles. The molecular weight excluding hydrogens is 248 g/mol. The predicted molar refractivity (Wildman–Crippen MR) is 77.3 cm³/mol. The lowest BCUT2D eigenvalue weighted by molar-refractivity contribution is 0.275. The molecule has 0 amide bonds. The number of hydrogen-bond acceptors (Lipinski definition) is 3. The molecule has 3 nitrogen and oxygen atoms in total. The number of rotatable bonds is 3. The number of methoxy groups -OCH3 is 1. The van der Waals surface area contributed by atoms with Crippen LogP contribution in [0.15, 0.2) is 48.5 Å². The molecule has 0 aromatic heterocycles. The van der Waals surface area contributed by atoms with Gasteiger partial charge in [0, 0.05) is 6.54 Å². The summed E-state index contributed by atoms with van der Waals surface area (Å²) >= 11 is 0. The second-order valence-electron chi connectivity index (χ2n) is 4.94. The summed E-state index contributed by atoms with van der Waals surface area (Å²) in [5.74, 6) is 0.854. The van der Waals surface area contributed by atoms with Crippen molar-refractivity contribution in [3.05, 3.63) is 65.2 Å². The normalized spacial score (nSPS) is 17.5. The van der Waals surface area contributed by atoms with E-state index in [0.717, 1.165) is 12.3 Å². The van der Waals surface area contributed by atoms with Gasteiger partial charge < -0.3 is 4.74 Å². The van der Waals surface area contributed by atoms with Crippen LogP contribution in [0.2, 0.25) is 0 Å². The summed E-state index contributed by atoms with van der Waals surface area (Å²) in [4.78, 5) is 2.20. The van der Waals surface area contributed by atoms with Crippen molar-refractivity contribution in [3.8, 4) is 11.8 Å². The zero-order valence-corrected chi connectivity index (χ0v) is 11.4. The van der Waals surface area contributed by atoms with Crippen LogP contribution in [0.3, 0.4) is 0 Å². The van der Waals surface area contributed by atoms with Crippen LogP contribution in [0.5, 0.6) is 5.75 Å². The van der Waals surface area contributed by atoms with E-state index in [2.05, 4.69) is 47.4 Å². The van der Waals surface area contributed by atoms with Gasteiger partial charge in [-0.1, -0.05) is 36.4 Å². The van der Waals surface area contributed by atoms with Crippen LogP contribution in [0, 0.1) is 11.3 Å². The van der Waals surface area contributed by atoms with E-state index >= 15 is 0 Å². The molecular formula is C17H16N2O. The number of fused-ring (bicyclic) bond motifs is 1. The number of nitrogens with zero attached hydrogens (tertiary/aromatic N) is 2. The van der Waals surface area contributed by atoms with Crippen molar-refractivity contribution in [2.45, 2.75) is 12.6 Å². The third kappa shape index (κ3) is 2.15. The second-order valence-corrected chi connectivity index (χ2v) is 4.94.